The Morgan fingerprint density at radius 1 is 1.00 bits per heavy atom. The number of hydrogen-bond donors (Lipinski definition) is 0. The highest BCUT2D eigenvalue weighted by Gasteiger charge is 2.41. The van der Waals surface area contributed by atoms with Crippen molar-refractivity contribution in [2.24, 2.45) is 0 Å². The minimum Gasteiger partial charge on any atom is -0.345 e. The van der Waals surface area contributed by atoms with Crippen molar-refractivity contribution in [1.29, 1.82) is 0 Å². The zero-order chi connectivity index (χ0) is 24.1. The topological polar surface area (TPSA) is 36.3 Å². The van der Waals surface area contributed by atoms with E-state index >= 15 is 0 Å². The summed E-state index contributed by atoms with van der Waals surface area (Å²) in [6.07, 6.45) is 6.89. The third kappa shape index (κ3) is 6.20. The molecule has 180 valence electrons. The summed E-state index contributed by atoms with van der Waals surface area (Å²) in [5.74, 6) is -0.138. The minimum absolute atomic E-state index is 0.00601. The van der Waals surface area contributed by atoms with Crippen molar-refractivity contribution >= 4 is 11.8 Å². The van der Waals surface area contributed by atoms with Gasteiger partial charge in [-0.1, -0.05) is 54.1 Å². The quantitative estimate of drug-likeness (QED) is 0.251. The van der Waals surface area contributed by atoms with E-state index < -0.39 is 5.79 Å². The van der Waals surface area contributed by atoms with Gasteiger partial charge in [-0.05, 0) is 54.3 Å². The fourth-order valence-corrected chi connectivity index (χ4v) is 5.19. The highest BCUT2D eigenvalue weighted by atomic mass is 32.2. The molecule has 4 nitrogen and oxygen atoms in total. The van der Waals surface area contributed by atoms with Crippen molar-refractivity contribution in [3.8, 4) is 11.1 Å². The Morgan fingerprint density at radius 2 is 1.71 bits per heavy atom. The van der Waals surface area contributed by atoms with E-state index in [1.54, 1.807) is 24.3 Å². The van der Waals surface area contributed by atoms with Gasteiger partial charge in [-0.2, -0.15) is 0 Å². The van der Waals surface area contributed by atoms with Gasteiger partial charge in [0.25, 0.3) is 0 Å². The standard InChI is InChI=1S/C29H29FN2O2S/c1-22-2-6-24(7-3-22)25-8-12-28(13-9-25)35-19-27-18-33-29(34-27,20-32-17-16-31-21-32)15-14-23-4-10-26(30)11-5-23/h2-13,16-17,21,27H,14-15,18-20H2,1H3. The van der Waals surface area contributed by atoms with Crippen molar-refractivity contribution in [2.75, 3.05) is 12.4 Å². The van der Waals surface area contributed by atoms with E-state index in [0.717, 1.165) is 17.7 Å². The van der Waals surface area contributed by atoms with Gasteiger partial charge in [-0.25, -0.2) is 9.37 Å². The van der Waals surface area contributed by atoms with Gasteiger partial charge in [-0.3, -0.25) is 0 Å². The molecule has 2 unspecified atom stereocenters. The van der Waals surface area contributed by atoms with Crippen LogP contribution in [0.2, 0.25) is 0 Å². The van der Waals surface area contributed by atoms with Crippen LogP contribution in [0.1, 0.15) is 17.5 Å². The molecule has 2 atom stereocenters. The summed E-state index contributed by atoms with van der Waals surface area (Å²) in [6.45, 7) is 3.22. The Morgan fingerprint density at radius 3 is 2.40 bits per heavy atom. The summed E-state index contributed by atoms with van der Waals surface area (Å²) in [6, 6.07) is 23.9. The summed E-state index contributed by atoms with van der Waals surface area (Å²) in [4.78, 5) is 5.37. The first-order chi connectivity index (χ1) is 17.1. The van der Waals surface area contributed by atoms with Crippen LogP contribution in [0, 0.1) is 12.7 Å². The molecular weight excluding hydrogens is 459 g/mol. The number of imidazole rings is 1. The number of benzene rings is 3. The second kappa shape index (κ2) is 10.8. The fourth-order valence-electron chi connectivity index (χ4n) is 4.31. The lowest BCUT2D eigenvalue weighted by molar-refractivity contribution is -0.180. The molecule has 0 saturated carbocycles. The van der Waals surface area contributed by atoms with Crippen LogP contribution in [0.5, 0.6) is 0 Å². The predicted molar refractivity (Wildman–Crippen MR) is 138 cm³/mol. The SMILES string of the molecule is Cc1ccc(-c2ccc(SCC3COC(CCc4ccc(F)cc4)(Cn4ccnc4)O3)cc2)cc1. The molecule has 1 saturated heterocycles. The number of nitrogens with zero attached hydrogens (tertiary/aromatic N) is 2. The van der Waals surface area contributed by atoms with Gasteiger partial charge in [0.2, 0.25) is 0 Å². The van der Waals surface area contributed by atoms with Crippen LogP contribution in [0.3, 0.4) is 0 Å². The van der Waals surface area contributed by atoms with E-state index in [2.05, 4.69) is 60.4 Å². The normalized spacial score (nSPS) is 19.8. The van der Waals surface area contributed by atoms with Gasteiger partial charge in [0, 0.05) is 29.5 Å². The molecule has 35 heavy (non-hydrogen) atoms. The van der Waals surface area contributed by atoms with Gasteiger partial charge >= 0.3 is 0 Å². The van der Waals surface area contributed by atoms with Crippen LogP contribution in [0.25, 0.3) is 11.1 Å². The van der Waals surface area contributed by atoms with Crippen LogP contribution in [0.4, 0.5) is 4.39 Å². The molecule has 2 heterocycles. The zero-order valence-electron chi connectivity index (χ0n) is 19.8. The number of halogens is 1. The summed E-state index contributed by atoms with van der Waals surface area (Å²) >= 11 is 1.78. The van der Waals surface area contributed by atoms with Crippen LogP contribution in [-0.4, -0.2) is 33.8 Å². The molecule has 0 bridgehead atoms. The lowest BCUT2D eigenvalue weighted by Gasteiger charge is -2.28. The van der Waals surface area contributed by atoms with Crippen molar-refractivity contribution in [3.63, 3.8) is 0 Å². The lowest BCUT2D eigenvalue weighted by Crippen LogP contribution is -2.37. The van der Waals surface area contributed by atoms with Crippen molar-refractivity contribution in [3.05, 3.63) is 108 Å². The van der Waals surface area contributed by atoms with Crippen molar-refractivity contribution < 1.29 is 13.9 Å². The smallest absolute Gasteiger partial charge is 0.187 e. The van der Waals surface area contributed by atoms with E-state index in [-0.39, 0.29) is 11.9 Å². The van der Waals surface area contributed by atoms with Gasteiger partial charge in [0.05, 0.1) is 25.6 Å². The third-order valence-electron chi connectivity index (χ3n) is 6.28. The van der Waals surface area contributed by atoms with Gasteiger partial charge in [0.1, 0.15) is 5.82 Å². The average Bonchev–Trinajstić information content (AvgIpc) is 3.54. The number of rotatable bonds is 9. The monoisotopic (exact) mass is 488 g/mol. The Balaban J connectivity index is 1.20. The minimum atomic E-state index is -0.727. The second-order valence-corrected chi connectivity index (χ2v) is 10.1. The highest BCUT2D eigenvalue weighted by Crippen LogP contribution is 2.34. The molecule has 1 aromatic heterocycles. The summed E-state index contributed by atoms with van der Waals surface area (Å²) in [7, 11) is 0. The summed E-state index contributed by atoms with van der Waals surface area (Å²) in [5, 5.41) is 0. The third-order valence-corrected chi connectivity index (χ3v) is 7.42. The fraction of sp³-hybridized carbons (Fsp3) is 0.276. The molecule has 1 aliphatic rings. The van der Waals surface area contributed by atoms with E-state index in [1.807, 2.05) is 22.9 Å². The molecule has 0 amide bonds. The first-order valence-corrected chi connectivity index (χ1v) is 12.9. The Labute approximate surface area is 210 Å². The molecule has 0 aliphatic carbocycles. The first kappa shape index (κ1) is 23.8. The number of aromatic nitrogens is 2. The number of aryl methyl sites for hydroxylation is 2. The Kier molecular flexibility index (Phi) is 7.32. The van der Waals surface area contributed by atoms with Gasteiger partial charge in [0.15, 0.2) is 5.79 Å². The lowest BCUT2D eigenvalue weighted by atomic mass is 10.0. The summed E-state index contributed by atoms with van der Waals surface area (Å²) in [5.41, 5.74) is 4.77. The van der Waals surface area contributed by atoms with E-state index in [4.69, 9.17) is 9.47 Å². The molecule has 1 aliphatic heterocycles. The van der Waals surface area contributed by atoms with E-state index in [9.17, 15) is 4.39 Å². The van der Waals surface area contributed by atoms with Gasteiger partial charge < -0.3 is 14.0 Å². The van der Waals surface area contributed by atoms with Crippen LogP contribution < -0.4 is 0 Å². The number of hydrogen-bond acceptors (Lipinski definition) is 4. The maximum atomic E-state index is 13.3. The molecule has 6 heteroatoms. The Hall–Kier alpha value is -2.93. The average molecular weight is 489 g/mol. The maximum absolute atomic E-state index is 13.3. The second-order valence-electron chi connectivity index (χ2n) is 9.02. The number of thioether (sulfide) groups is 1. The molecule has 5 rings (SSSR count). The van der Waals surface area contributed by atoms with E-state index in [0.29, 0.717) is 19.6 Å². The molecule has 3 aromatic carbocycles. The van der Waals surface area contributed by atoms with Crippen LogP contribution >= 0.6 is 11.8 Å². The molecule has 0 N–H and O–H groups in total. The number of ether oxygens (including phenoxy) is 2. The van der Waals surface area contributed by atoms with E-state index in [1.165, 1.54) is 33.7 Å². The van der Waals surface area contributed by atoms with Gasteiger partial charge in [-0.15, -0.1) is 11.8 Å². The zero-order valence-corrected chi connectivity index (χ0v) is 20.6. The Bertz CT molecular complexity index is 1210. The maximum Gasteiger partial charge on any atom is 0.187 e. The summed E-state index contributed by atoms with van der Waals surface area (Å²) < 4.78 is 28.1. The largest absolute Gasteiger partial charge is 0.345 e. The first-order valence-electron chi connectivity index (χ1n) is 11.9. The van der Waals surface area contributed by atoms with Crippen molar-refractivity contribution in [2.45, 2.75) is 43.1 Å². The predicted octanol–water partition coefficient (Wildman–Crippen LogP) is 6.53. The van der Waals surface area contributed by atoms with Crippen molar-refractivity contribution in [1.82, 2.24) is 9.55 Å². The highest BCUT2D eigenvalue weighted by molar-refractivity contribution is 7.99. The molecule has 4 aromatic rings. The molecule has 0 radical (unpaired) electrons. The molecule has 1 fully saturated rings. The van der Waals surface area contributed by atoms with Crippen LogP contribution in [0.15, 0.2) is 96.4 Å². The molecular formula is C29H29FN2O2S. The van der Waals surface area contributed by atoms with Crippen LogP contribution in [-0.2, 0) is 22.4 Å². The molecule has 0 spiro atoms.